The van der Waals surface area contributed by atoms with Crippen LogP contribution >= 0.6 is 27.5 Å². The first kappa shape index (κ1) is 22.8. The Bertz CT molecular complexity index is 1090. The molecule has 0 heterocycles. The maximum absolute atomic E-state index is 13.4. The van der Waals surface area contributed by atoms with Crippen molar-refractivity contribution in [3.8, 4) is 11.5 Å². The van der Waals surface area contributed by atoms with Gasteiger partial charge >= 0.3 is 0 Å². The van der Waals surface area contributed by atoms with Crippen molar-refractivity contribution in [1.29, 1.82) is 0 Å². The quantitative estimate of drug-likeness (QED) is 0.302. The third-order valence-electron chi connectivity index (χ3n) is 4.12. The van der Waals surface area contributed by atoms with Crippen molar-refractivity contribution in [1.82, 2.24) is 5.43 Å². The van der Waals surface area contributed by atoms with E-state index in [1.54, 1.807) is 48.5 Å². The number of rotatable bonds is 8. The summed E-state index contributed by atoms with van der Waals surface area (Å²) in [6, 6.07) is 16.2. The Labute approximate surface area is 193 Å². The summed E-state index contributed by atoms with van der Waals surface area (Å²) in [5.41, 5.74) is 4.29. The van der Waals surface area contributed by atoms with Crippen LogP contribution in [0.4, 0.5) is 4.39 Å². The normalized spacial score (nSPS) is 10.8. The first-order valence-electron chi connectivity index (χ1n) is 9.39. The van der Waals surface area contributed by atoms with Crippen molar-refractivity contribution in [2.45, 2.75) is 13.5 Å². The second kappa shape index (κ2) is 10.9. The Hall–Kier alpha value is -2.90. The van der Waals surface area contributed by atoms with E-state index in [0.29, 0.717) is 44.3 Å². The molecule has 5 nitrogen and oxygen atoms in total. The highest BCUT2D eigenvalue weighted by Gasteiger charge is 2.11. The summed E-state index contributed by atoms with van der Waals surface area (Å²) in [7, 11) is 0. The number of hydrogen-bond donors (Lipinski definition) is 1. The highest BCUT2D eigenvalue weighted by molar-refractivity contribution is 9.10. The van der Waals surface area contributed by atoms with E-state index in [1.165, 1.54) is 18.3 Å². The second-order valence-electron chi connectivity index (χ2n) is 6.38. The Morgan fingerprint density at radius 2 is 1.87 bits per heavy atom. The fraction of sp³-hybridized carbons (Fsp3) is 0.130. The smallest absolute Gasteiger partial charge is 0.271 e. The molecule has 3 aromatic carbocycles. The van der Waals surface area contributed by atoms with Crippen LogP contribution in [0.25, 0.3) is 0 Å². The van der Waals surface area contributed by atoms with E-state index >= 15 is 0 Å². The average Bonchev–Trinajstić information content (AvgIpc) is 2.75. The number of carbonyl (C=O) groups excluding carboxylic acids is 1. The van der Waals surface area contributed by atoms with Gasteiger partial charge in [0.2, 0.25) is 0 Å². The Balaban J connectivity index is 1.72. The summed E-state index contributed by atoms with van der Waals surface area (Å²) in [6.45, 7) is 2.48. The third-order valence-corrected chi connectivity index (χ3v) is 5.06. The molecular weight excluding hydrogens is 487 g/mol. The van der Waals surface area contributed by atoms with Gasteiger partial charge in [-0.05, 0) is 76.9 Å². The minimum atomic E-state index is -0.357. The second-order valence-corrected chi connectivity index (χ2v) is 7.67. The lowest BCUT2D eigenvalue weighted by Gasteiger charge is -2.14. The maximum atomic E-state index is 13.4. The average molecular weight is 506 g/mol. The zero-order valence-corrected chi connectivity index (χ0v) is 18.9. The number of halogens is 3. The molecule has 0 atom stereocenters. The number of ether oxygens (including phenoxy) is 2. The van der Waals surface area contributed by atoms with Crippen LogP contribution in [-0.4, -0.2) is 18.7 Å². The standard InChI is InChI=1S/C23H19BrClFN2O3/c1-2-30-21-11-17(13-27-28-23(29)16-6-8-18(25)9-7-16)20(24)12-22(21)31-14-15-4-3-5-19(26)10-15/h3-13H,2,14H2,1H3,(H,28,29)/b27-13-. The number of nitrogens with one attached hydrogen (secondary N) is 1. The van der Waals surface area contributed by atoms with Crippen LogP contribution in [0.5, 0.6) is 11.5 Å². The van der Waals surface area contributed by atoms with E-state index in [1.807, 2.05) is 6.92 Å². The molecule has 0 spiro atoms. The molecule has 0 bridgehead atoms. The predicted molar refractivity (Wildman–Crippen MR) is 123 cm³/mol. The Morgan fingerprint density at radius 3 is 2.58 bits per heavy atom. The molecule has 3 rings (SSSR count). The SMILES string of the molecule is CCOc1cc(/C=N\NC(=O)c2ccc(Cl)cc2)c(Br)cc1OCc1cccc(F)c1. The molecule has 0 fully saturated rings. The molecule has 0 aliphatic rings. The van der Waals surface area contributed by atoms with Crippen LogP contribution in [0.1, 0.15) is 28.4 Å². The summed E-state index contributed by atoms with van der Waals surface area (Å²) < 4.78 is 25.6. The predicted octanol–water partition coefficient (Wildman–Crippen LogP) is 5.98. The van der Waals surface area contributed by atoms with Gasteiger partial charge in [0, 0.05) is 20.6 Å². The first-order valence-corrected chi connectivity index (χ1v) is 10.6. The van der Waals surface area contributed by atoms with Crippen molar-refractivity contribution in [2.75, 3.05) is 6.61 Å². The molecule has 160 valence electrons. The van der Waals surface area contributed by atoms with Crippen molar-refractivity contribution in [2.24, 2.45) is 5.10 Å². The van der Waals surface area contributed by atoms with E-state index in [-0.39, 0.29) is 18.3 Å². The van der Waals surface area contributed by atoms with Crippen molar-refractivity contribution in [3.63, 3.8) is 0 Å². The van der Waals surface area contributed by atoms with Gasteiger partial charge in [-0.25, -0.2) is 9.82 Å². The number of nitrogens with zero attached hydrogens (tertiary/aromatic N) is 1. The molecule has 8 heteroatoms. The molecule has 1 amide bonds. The van der Waals surface area contributed by atoms with Gasteiger partial charge in [0.1, 0.15) is 12.4 Å². The number of hydrogen-bond acceptors (Lipinski definition) is 4. The van der Waals surface area contributed by atoms with E-state index in [2.05, 4.69) is 26.5 Å². The fourth-order valence-electron chi connectivity index (χ4n) is 2.64. The molecule has 0 aliphatic heterocycles. The number of benzene rings is 3. The summed E-state index contributed by atoms with van der Waals surface area (Å²) in [5.74, 6) is 0.330. The number of amides is 1. The topological polar surface area (TPSA) is 59.9 Å². The van der Waals surface area contributed by atoms with Crippen LogP contribution in [0.3, 0.4) is 0 Å². The largest absolute Gasteiger partial charge is 0.490 e. The van der Waals surface area contributed by atoms with Gasteiger partial charge in [-0.2, -0.15) is 5.10 Å². The Kier molecular flexibility index (Phi) is 8.03. The number of hydrazone groups is 1. The minimum Gasteiger partial charge on any atom is -0.490 e. The van der Waals surface area contributed by atoms with Crippen LogP contribution in [-0.2, 0) is 6.61 Å². The van der Waals surface area contributed by atoms with Crippen molar-refractivity contribution in [3.05, 3.63) is 92.7 Å². The first-order chi connectivity index (χ1) is 15.0. The van der Waals surface area contributed by atoms with Gasteiger partial charge in [-0.15, -0.1) is 0 Å². The zero-order valence-electron chi connectivity index (χ0n) is 16.6. The van der Waals surface area contributed by atoms with Gasteiger partial charge in [0.15, 0.2) is 11.5 Å². The summed E-state index contributed by atoms with van der Waals surface area (Å²) in [6.07, 6.45) is 1.50. The lowest BCUT2D eigenvalue weighted by molar-refractivity contribution is 0.0955. The van der Waals surface area contributed by atoms with E-state index in [4.69, 9.17) is 21.1 Å². The summed E-state index contributed by atoms with van der Waals surface area (Å²) in [5, 5.41) is 4.56. The molecule has 0 unspecified atom stereocenters. The van der Waals surface area contributed by atoms with Gasteiger partial charge < -0.3 is 9.47 Å². The monoisotopic (exact) mass is 504 g/mol. The maximum Gasteiger partial charge on any atom is 0.271 e. The van der Waals surface area contributed by atoms with Crippen LogP contribution in [0.15, 0.2) is 70.2 Å². The molecule has 0 saturated carbocycles. The van der Waals surface area contributed by atoms with Crippen LogP contribution < -0.4 is 14.9 Å². The summed E-state index contributed by atoms with van der Waals surface area (Å²) >= 11 is 9.31. The molecule has 31 heavy (non-hydrogen) atoms. The Morgan fingerprint density at radius 1 is 1.13 bits per heavy atom. The summed E-state index contributed by atoms with van der Waals surface area (Å²) in [4.78, 5) is 12.1. The van der Waals surface area contributed by atoms with Crippen molar-refractivity contribution < 1.29 is 18.7 Å². The van der Waals surface area contributed by atoms with E-state index in [9.17, 15) is 9.18 Å². The lowest BCUT2D eigenvalue weighted by atomic mass is 10.2. The zero-order chi connectivity index (χ0) is 22.2. The molecule has 0 aromatic heterocycles. The van der Waals surface area contributed by atoms with E-state index in [0.717, 1.165) is 0 Å². The highest BCUT2D eigenvalue weighted by Crippen LogP contribution is 2.34. The van der Waals surface area contributed by atoms with Gasteiger partial charge in [0.05, 0.1) is 12.8 Å². The number of carbonyl (C=O) groups is 1. The van der Waals surface area contributed by atoms with Gasteiger partial charge in [0.25, 0.3) is 5.91 Å². The van der Waals surface area contributed by atoms with E-state index < -0.39 is 0 Å². The molecule has 3 aromatic rings. The highest BCUT2D eigenvalue weighted by atomic mass is 79.9. The van der Waals surface area contributed by atoms with Gasteiger partial charge in [-0.3, -0.25) is 4.79 Å². The molecule has 0 aliphatic carbocycles. The third kappa shape index (κ3) is 6.54. The lowest BCUT2D eigenvalue weighted by Crippen LogP contribution is -2.17. The molecule has 0 radical (unpaired) electrons. The fourth-order valence-corrected chi connectivity index (χ4v) is 3.20. The molecule has 1 N–H and O–H groups in total. The van der Waals surface area contributed by atoms with Crippen molar-refractivity contribution >= 4 is 39.7 Å². The minimum absolute atomic E-state index is 0.189. The van der Waals surface area contributed by atoms with Crippen LogP contribution in [0.2, 0.25) is 5.02 Å². The molecule has 0 saturated heterocycles. The molecular formula is C23H19BrClFN2O3. The van der Waals surface area contributed by atoms with Crippen LogP contribution in [0, 0.1) is 5.82 Å². The van der Waals surface area contributed by atoms with Gasteiger partial charge in [-0.1, -0.05) is 23.7 Å².